The lowest BCUT2D eigenvalue weighted by molar-refractivity contribution is 0.202. The molecule has 0 aliphatic heterocycles. The second-order valence-electron chi connectivity index (χ2n) is 3.37. The van der Waals surface area contributed by atoms with Crippen molar-refractivity contribution >= 4 is 26.8 Å². The van der Waals surface area contributed by atoms with Crippen LogP contribution in [0.1, 0.15) is 5.56 Å². The van der Waals surface area contributed by atoms with Crippen LogP contribution in [0.15, 0.2) is 34.9 Å². The third kappa shape index (κ3) is 2.36. The molecule has 0 N–H and O–H groups in total. The minimum Gasteiger partial charge on any atom is -0.384 e. The number of halogens is 1. The minimum absolute atomic E-state index is 0.729. The number of hydrogen-bond donors (Lipinski definition) is 0. The molecular formula is C12H12BrNO. The van der Waals surface area contributed by atoms with Gasteiger partial charge in [0, 0.05) is 12.5 Å². The fourth-order valence-electron chi connectivity index (χ4n) is 1.60. The van der Waals surface area contributed by atoms with Gasteiger partial charge in [-0.25, -0.2) is 4.98 Å². The Hall–Kier alpha value is -0.930. The molecule has 2 aromatic rings. The van der Waals surface area contributed by atoms with E-state index in [0.29, 0.717) is 0 Å². The van der Waals surface area contributed by atoms with Crippen LogP contribution in [0.3, 0.4) is 0 Å². The zero-order chi connectivity index (χ0) is 10.7. The number of rotatable bonds is 3. The molecule has 3 heteroatoms. The van der Waals surface area contributed by atoms with Crippen molar-refractivity contribution in [2.24, 2.45) is 0 Å². The Kier molecular flexibility index (Phi) is 3.34. The number of pyridine rings is 1. The smallest absolute Gasteiger partial charge is 0.106 e. The molecule has 0 atom stereocenters. The molecule has 1 aromatic heterocycles. The van der Waals surface area contributed by atoms with Crippen molar-refractivity contribution in [3.8, 4) is 0 Å². The van der Waals surface area contributed by atoms with Gasteiger partial charge >= 0.3 is 0 Å². The molecule has 0 bridgehead atoms. The molecule has 0 radical (unpaired) electrons. The van der Waals surface area contributed by atoms with Gasteiger partial charge in [0.1, 0.15) is 4.60 Å². The summed E-state index contributed by atoms with van der Waals surface area (Å²) in [7, 11) is 1.72. The summed E-state index contributed by atoms with van der Waals surface area (Å²) in [5.41, 5.74) is 2.29. The van der Waals surface area contributed by atoms with Crippen molar-refractivity contribution in [2.45, 2.75) is 6.42 Å². The van der Waals surface area contributed by atoms with Crippen LogP contribution < -0.4 is 0 Å². The lowest BCUT2D eigenvalue weighted by Gasteiger charge is -2.05. The third-order valence-electron chi connectivity index (χ3n) is 2.35. The van der Waals surface area contributed by atoms with E-state index in [-0.39, 0.29) is 0 Å². The number of ether oxygens (including phenoxy) is 1. The van der Waals surface area contributed by atoms with Crippen molar-refractivity contribution in [1.29, 1.82) is 0 Å². The summed E-state index contributed by atoms with van der Waals surface area (Å²) in [6.07, 6.45) is 0.900. The van der Waals surface area contributed by atoms with E-state index in [1.54, 1.807) is 7.11 Å². The first-order valence-corrected chi connectivity index (χ1v) is 5.63. The van der Waals surface area contributed by atoms with Gasteiger partial charge in [-0.2, -0.15) is 0 Å². The van der Waals surface area contributed by atoms with Gasteiger partial charge in [-0.1, -0.05) is 24.3 Å². The Balaban J connectivity index is 2.48. The van der Waals surface area contributed by atoms with Crippen molar-refractivity contribution in [3.63, 3.8) is 0 Å². The Morgan fingerprint density at radius 3 is 2.93 bits per heavy atom. The maximum Gasteiger partial charge on any atom is 0.106 e. The first kappa shape index (κ1) is 10.6. The van der Waals surface area contributed by atoms with E-state index in [1.807, 2.05) is 6.07 Å². The van der Waals surface area contributed by atoms with Gasteiger partial charge in [0.25, 0.3) is 0 Å². The van der Waals surface area contributed by atoms with Gasteiger partial charge in [-0.05, 0) is 34.0 Å². The van der Waals surface area contributed by atoms with Crippen molar-refractivity contribution in [1.82, 2.24) is 4.98 Å². The molecule has 1 heterocycles. The van der Waals surface area contributed by atoms with E-state index in [0.717, 1.165) is 23.1 Å². The molecule has 0 aliphatic carbocycles. The highest BCUT2D eigenvalue weighted by Crippen LogP contribution is 2.19. The highest BCUT2D eigenvalue weighted by Gasteiger charge is 2.02. The molecular weight excluding hydrogens is 254 g/mol. The molecule has 0 spiro atoms. The summed E-state index contributed by atoms with van der Waals surface area (Å²) in [5.74, 6) is 0. The number of fused-ring (bicyclic) bond motifs is 1. The highest BCUT2D eigenvalue weighted by molar-refractivity contribution is 9.10. The van der Waals surface area contributed by atoms with Crippen LogP contribution >= 0.6 is 15.9 Å². The van der Waals surface area contributed by atoms with E-state index < -0.39 is 0 Å². The quantitative estimate of drug-likeness (QED) is 0.796. The molecule has 0 aliphatic rings. The second kappa shape index (κ2) is 4.73. The molecule has 1 aromatic carbocycles. The number of benzene rings is 1. The molecule has 2 rings (SSSR count). The van der Waals surface area contributed by atoms with Crippen LogP contribution in [0.2, 0.25) is 0 Å². The minimum atomic E-state index is 0.729. The maximum absolute atomic E-state index is 5.09. The summed E-state index contributed by atoms with van der Waals surface area (Å²) in [5, 5.41) is 1.17. The van der Waals surface area contributed by atoms with E-state index >= 15 is 0 Å². The normalized spacial score (nSPS) is 10.8. The lowest BCUT2D eigenvalue weighted by Crippen LogP contribution is -1.96. The van der Waals surface area contributed by atoms with E-state index in [2.05, 4.69) is 45.2 Å². The van der Waals surface area contributed by atoms with Gasteiger partial charge in [-0.15, -0.1) is 0 Å². The third-order valence-corrected chi connectivity index (χ3v) is 2.79. The van der Waals surface area contributed by atoms with Crippen LogP contribution in [0.4, 0.5) is 0 Å². The fourth-order valence-corrected chi connectivity index (χ4v) is 1.91. The molecule has 78 valence electrons. The monoisotopic (exact) mass is 265 g/mol. The molecule has 0 saturated heterocycles. The van der Waals surface area contributed by atoms with Crippen molar-refractivity contribution in [3.05, 3.63) is 40.5 Å². The van der Waals surface area contributed by atoms with Crippen molar-refractivity contribution < 1.29 is 4.74 Å². The second-order valence-corrected chi connectivity index (χ2v) is 4.18. The first-order valence-electron chi connectivity index (χ1n) is 4.84. The molecule has 2 nitrogen and oxygen atoms in total. The largest absolute Gasteiger partial charge is 0.384 e. The van der Waals surface area contributed by atoms with Gasteiger partial charge in [0.05, 0.1) is 12.1 Å². The zero-order valence-electron chi connectivity index (χ0n) is 8.53. The Morgan fingerprint density at radius 1 is 1.27 bits per heavy atom. The topological polar surface area (TPSA) is 22.1 Å². The Labute approximate surface area is 97.4 Å². The molecule has 0 amide bonds. The van der Waals surface area contributed by atoms with E-state index in [1.165, 1.54) is 10.9 Å². The zero-order valence-corrected chi connectivity index (χ0v) is 10.1. The predicted octanol–water partition coefficient (Wildman–Crippen LogP) is 3.19. The van der Waals surface area contributed by atoms with Crippen LogP contribution in [0, 0.1) is 0 Å². The number of aromatic nitrogens is 1. The first-order chi connectivity index (χ1) is 7.31. The Bertz CT molecular complexity index is 470. The summed E-state index contributed by atoms with van der Waals surface area (Å²) in [6.45, 7) is 0.729. The van der Waals surface area contributed by atoms with Crippen LogP contribution in [-0.4, -0.2) is 18.7 Å². The van der Waals surface area contributed by atoms with E-state index in [4.69, 9.17) is 4.74 Å². The van der Waals surface area contributed by atoms with Gasteiger partial charge < -0.3 is 4.74 Å². The van der Waals surface area contributed by atoms with Gasteiger partial charge in [0.2, 0.25) is 0 Å². The van der Waals surface area contributed by atoms with Crippen LogP contribution in [-0.2, 0) is 11.2 Å². The van der Waals surface area contributed by atoms with Crippen LogP contribution in [0.25, 0.3) is 10.9 Å². The number of hydrogen-bond acceptors (Lipinski definition) is 2. The summed E-state index contributed by atoms with van der Waals surface area (Å²) < 4.78 is 5.96. The molecule has 15 heavy (non-hydrogen) atoms. The van der Waals surface area contributed by atoms with Crippen LogP contribution in [0.5, 0.6) is 0 Å². The van der Waals surface area contributed by atoms with Crippen molar-refractivity contribution in [2.75, 3.05) is 13.7 Å². The number of methoxy groups -OCH3 is 1. The number of nitrogens with zero attached hydrogens (tertiary/aromatic N) is 1. The Morgan fingerprint density at radius 2 is 2.13 bits per heavy atom. The number of para-hydroxylation sites is 1. The molecule has 0 unspecified atom stereocenters. The summed E-state index contributed by atoms with van der Waals surface area (Å²) in [4.78, 5) is 4.49. The molecule has 0 saturated carbocycles. The molecule has 0 fully saturated rings. The maximum atomic E-state index is 5.09. The predicted molar refractivity (Wildman–Crippen MR) is 65.0 cm³/mol. The highest BCUT2D eigenvalue weighted by atomic mass is 79.9. The summed E-state index contributed by atoms with van der Waals surface area (Å²) in [6, 6.07) is 10.3. The van der Waals surface area contributed by atoms with Gasteiger partial charge in [-0.3, -0.25) is 0 Å². The SMILES string of the molecule is COCCc1cccc2ccc(Br)nc12. The average molecular weight is 266 g/mol. The lowest BCUT2D eigenvalue weighted by atomic mass is 10.1. The van der Waals surface area contributed by atoms with E-state index in [9.17, 15) is 0 Å². The standard InChI is InChI=1S/C12H12BrNO/c1-15-8-7-10-4-2-3-9-5-6-11(13)14-12(9)10/h2-6H,7-8H2,1H3. The summed E-state index contributed by atoms with van der Waals surface area (Å²) >= 11 is 3.39. The van der Waals surface area contributed by atoms with Gasteiger partial charge in [0.15, 0.2) is 0 Å². The fraction of sp³-hybridized carbons (Fsp3) is 0.250. The average Bonchev–Trinajstić information content (AvgIpc) is 2.26.